The van der Waals surface area contributed by atoms with Crippen molar-refractivity contribution in [2.75, 3.05) is 62.2 Å². The summed E-state index contributed by atoms with van der Waals surface area (Å²) in [6.07, 6.45) is 3.19. The molecule has 3 aromatic heterocycles. The fourth-order valence-corrected chi connectivity index (χ4v) is 8.28. The number of fused-ring (bicyclic) bond motifs is 2. The summed E-state index contributed by atoms with van der Waals surface area (Å²) < 4.78 is 3.13. The highest BCUT2D eigenvalue weighted by molar-refractivity contribution is 6.00. The lowest BCUT2D eigenvalue weighted by Gasteiger charge is -2.45. The Morgan fingerprint density at radius 3 is 2.37 bits per heavy atom. The van der Waals surface area contributed by atoms with Crippen molar-refractivity contribution in [3.63, 3.8) is 0 Å². The zero-order chi connectivity index (χ0) is 35.5. The molecule has 52 heavy (non-hydrogen) atoms. The van der Waals surface area contributed by atoms with E-state index in [1.807, 2.05) is 36.5 Å². The smallest absolute Gasteiger partial charge is 0.329 e. The monoisotopic (exact) mass is 699 g/mol. The van der Waals surface area contributed by atoms with E-state index in [2.05, 4.69) is 65.6 Å². The quantitative estimate of drug-likeness (QED) is 0.221. The van der Waals surface area contributed by atoms with Gasteiger partial charge in [0.15, 0.2) is 0 Å². The van der Waals surface area contributed by atoms with Crippen LogP contribution < -0.4 is 26.1 Å². The average Bonchev–Trinajstić information content (AvgIpc) is 3.70. The first-order chi connectivity index (χ1) is 25.3. The van der Waals surface area contributed by atoms with Crippen LogP contribution in [0.25, 0.3) is 33.5 Å². The minimum absolute atomic E-state index is 0.0208. The highest BCUT2D eigenvalue weighted by Crippen LogP contribution is 2.32. The van der Waals surface area contributed by atoms with Crippen molar-refractivity contribution in [3.05, 3.63) is 88.6 Å². The number of nitrogens with zero attached hydrogens (tertiary/aromatic N) is 6. The van der Waals surface area contributed by atoms with Gasteiger partial charge in [-0.3, -0.25) is 38.7 Å². The van der Waals surface area contributed by atoms with E-state index in [0.717, 1.165) is 97.2 Å². The van der Waals surface area contributed by atoms with Crippen LogP contribution in [0.15, 0.2) is 71.7 Å². The van der Waals surface area contributed by atoms with Crippen molar-refractivity contribution in [2.45, 2.75) is 25.3 Å². The lowest BCUT2D eigenvalue weighted by molar-refractivity contribution is -0.135. The van der Waals surface area contributed by atoms with Gasteiger partial charge in [0, 0.05) is 118 Å². The number of hydrogen-bond donors (Lipinski definition) is 3. The van der Waals surface area contributed by atoms with Gasteiger partial charge in [0.2, 0.25) is 11.8 Å². The molecule has 7 heterocycles. The summed E-state index contributed by atoms with van der Waals surface area (Å²) in [6.45, 7) is 7.63. The number of imide groups is 1. The Labute approximate surface area is 300 Å². The van der Waals surface area contributed by atoms with Crippen molar-refractivity contribution >= 4 is 40.1 Å². The van der Waals surface area contributed by atoms with Crippen molar-refractivity contribution in [3.8, 4) is 22.5 Å². The number of aromatic amines is 1. The molecule has 3 amide bonds. The average molecular weight is 700 g/mol. The topological polar surface area (TPSA) is 141 Å². The Morgan fingerprint density at radius 2 is 1.60 bits per heavy atom. The number of piperidine rings is 1. The molecule has 3 saturated heterocycles. The van der Waals surface area contributed by atoms with Crippen LogP contribution in [-0.4, -0.2) is 94.1 Å². The second-order valence-electron chi connectivity index (χ2n) is 14.5. The molecule has 3 fully saturated rings. The Morgan fingerprint density at radius 1 is 0.808 bits per heavy atom. The molecule has 9 rings (SSSR count). The number of H-pyrrole nitrogens is 1. The number of piperazine rings is 1. The van der Waals surface area contributed by atoms with Crippen LogP contribution >= 0.6 is 0 Å². The van der Waals surface area contributed by atoms with Gasteiger partial charge in [-0.05, 0) is 55.0 Å². The van der Waals surface area contributed by atoms with Crippen LogP contribution in [0.4, 0.5) is 11.4 Å². The van der Waals surface area contributed by atoms with E-state index in [9.17, 15) is 19.2 Å². The molecular formula is C39H41N9O4. The molecule has 4 aliphatic heterocycles. The SMILES string of the molecule is Cn1c(=O)n(C2CCC(=O)NC2=O)c2ccc(N3CC(CN4CCN(c5ccc(-c6cc(-c7cc8c([nH]7)CCNC8=O)ccn6)cc5)CC4)C3)cc21. The van der Waals surface area contributed by atoms with E-state index in [1.165, 1.54) is 10.3 Å². The van der Waals surface area contributed by atoms with Gasteiger partial charge in [-0.15, -0.1) is 0 Å². The Balaban J connectivity index is 0.786. The van der Waals surface area contributed by atoms with Gasteiger partial charge in [0.25, 0.3) is 5.91 Å². The van der Waals surface area contributed by atoms with Crippen molar-refractivity contribution in [2.24, 2.45) is 13.0 Å². The number of hydrogen-bond acceptors (Lipinski definition) is 8. The van der Waals surface area contributed by atoms with Gasteiger partial charge in [-0.2, -0.15) is 0 Å². The normalized spacial score (nSPS) is 19.8. The number of pyridine rings is 1. The molecule has 13 heteroatoms. The van der Waals surface area contributed by atoms with E-state index in [0.29, 0.717) is 24.4 Å². The third-order valence-corrected chi connectivity index (χ3v) is 11.2. The van der Waals surface area contributed by atoms with Crippen LogP contribution in [0.1, 0.15) is 34.9 Å². The molecule has 0 saturated carbocycles. The molecule has 4 aliphatic rings. The minimum atomic E-state index is -0.678. The fourth-order valence-electron chi connectivity index (χ4n) is 8.28. The second kappa shape index (κ2) is 12.8. The zero-order valence-corrected chi connectivity index (χ0v) is 29.1. The van der Waals surface area contributed by atoms with Gasteiger partial charge in [-0.25, -0.2) is 4.79 Å². The third-order valence-electron chi connectivity index (χ3n) is 11.2. The van der Waals surface area contributed by atoms with Gasteiger partial charge < -0.3 is 20.1 Å². The highest BCUT2D eigenvalue weighted by Gasteiger charge is 2.33. The van der Waals surface area contributed by atoms with Crippen LogP contribution in [0, 0.1) is 5.92 Å². The van der Waals surface area contributed by atoms with Crippen LogP contribution in [0.2, 0.25) is 0 Å². The Bertz CT molecular complexity index is 2270. The summed E-state index contributed by atoms with van der Waals surface area (Å²) in [5.74, 6) is -0.151. The number of aryl methyl sites for hydroxylation is 1. The maximum Gasteiger partial charge on any atom is 0.329 e. The number of anilines is 2. The van der Waals surface area contributed by atoms with Crippen LogP contribution in [-0.2, 0) is 23.1 Å². The van der Waals surface area contributed by atoms with E-state index in [1.54, 1.807) is 11.6 Å². The number of aromatic nitrogens is 4. The second-order valence-corrected chi connectivity index (χ2v) is 14.5. The molecule has 0 bridgehead atoms. The summed E-state index contributed by atoms with van der Waals surface area (Å²) in [5.41, 5.74) is 9.16. The molecule has 13 nitrogen and oxygen atoms in total. The lowest BCUT2D eigenvalue weighted by atomic mass is 9.98. The number of rotatable bonds is 7. The first-order valence-electron chi connectivity index (χ1n) is 18.1. The van der Waals surface area contributed by atoms with Gasteiger partial charge in [0.05, 0.1) is 22.3 Å². The molecule has 0 spiro atoms. The summed E-state index contributed by atoms with van der Waals surface area (Å²) in [6, 6.07) is 20.0. The van der Waals surface area contributed by atoms with Crippen LogP contribution in [0.5, 0.6) is 0 Å². The summed E-state index contributed by atoms with van der Waals surface area (Å²) in [5, 5.41) is 5.28. The summed E-state index contributed by atoms with van der Waals surface area (Å²) >= 11 is 0. The number of amides is 3. The molecule has 0 radical (unpaired) electrons. The molecule has 1 unspecified atom stereocenters. The molecule has 1 atom stereocenters. The van der Waals surface area contributed by atoms with E-state index in [-0.39, 0.29) is 23.9 Å². The first-order valence-corrected chi connectivity index (χ1v) is 18.1. The maximum absolute atomic E-state index is 13.2. The first kappa shape index (κ1) is 32.2. The highest BCUT2D eigenvalue weighted by atomic mass is 16.2. The number of carbonyl (C=O) groups excluding carboxylic acids is 3. The number of nitrogens with one attached hydrogen (secondary N) is 3. The number of carbonyl (C=O) groups is 3. The van der Waals surface area contributed by atoms with E-state index < -0.39 is 11.9 Å². The number of benzene rings is 2. The predicted octanol–water partition coefficient (Wildman–Crippen LogP) is 2.92. The van der Waals surface area contributed by atoms with E-state index >= 15 is 0 Å². The van der Waals surface area contributed by atoms with E-state index in [4.69, 9.17) is 0 Å². The predicted molar refractivity (Wildman–Crippen MR) is 198 cm³/mol. The van der Waals surface area contributed by atoms with Crippen molar-refractivity contribution in [1.82, 2.24) is 34.6 Å². The molecular weight excluding hydrogens is 658 g/mol. The minimum Gasteiger partial charge on any atom is -0.371 e. The van der Waals surface area contributed by atoms with Gasteiger partial charge >= 0.3 is 5.69 Å². The standard InChI is InChI=1S/C39H41N9O4/c1-44-35-19-28(6-7-33(35)48(39(44)52)34-8-9-36(49)43-38(34)51)47-22-24(23-47)21-45-14-16-46(17-15-45)27-4-2-25(3-5-27)31-18-26(10-12-40-31)32-20-29-30(42-32)11-13-41-37(29)50/h2-7,10,12,18-20,24,34,42H,8-9,11,13-17,21-23H2,1H3,(H,41,50)(H,43,49,51). The molecule has 5 aromatic rings. The summed E-state index contributed by atoms with van der Waals surface area (Å²) in [4.78, 5) is 65.1. The van der Waals surface area contributed by atoms with Gasteiger partial charge in [0.1, 0.15) is 6.04 Å². The molecule has 3 N–H and O–H groups in total. The van der Waals surface area contributed by atoms with Crippen molar-refractivity contribution in [1.29, 1.82) is 0 Å². The molecule has 266 valence electrons. The Hall–Kier alpha value is -5.69. The van der Waals surface area contributed by atoms with Crippen molar-refractivity contribution < 1.29 is 14.4 Å². The Kier molecular flexibility index (Phi) is 7.95. The largest absolute Gasteiger partial charge is 0.371 e. The number of imidazole rings is 1. The fraction of sp³-hybridized carbons (Fsp3) is 0.359. The third kappa shape index (κ3) is 5.74. The molecule has 2 aromatic carbocycles. The lowest BCUT2D eigenvalue weighted by Crippen LogP contribution is -2.55. The summed E-state index contributed by atoms with van der Waals surface area (Å²) in [7, 11) is 1.74. The van der Waals surface area contributed by atoms with Gasteiger partial charge in [-0.1, -0.05) is 12.1 Å². The zero-order valence-electron chi connectivity index (χ0n) is 29.1. The van der Waals surface area contributed by atoms with Crippen LogP contribution in [0.3, 0.4) is 0 Å². The maximum atomic E-state index is 13.2. The molecule has 0 aliphatic carbocycles.